The summed E-state index contributed by atoms with van der Waals surface area (Å²) in [7, 11) is -0.825. The third kappa shape index (κ3) is 9.07. The second kappa shape index (κ2) is 9.32. The molecule has 0 aromatic rings. The number of halogens is 2. The Bertz CT molecular complexity index is 108. The van der Waals surface area contributed by atoms with Crippen molar-refractivity contribution in [2.75, 3.05) is 6.61 Å². The van der Waals surface area contributed by atoms with Gasteiger partial charge in [0.2, 0.25) is 0 Å². The van der Waals surface area contributed by atoms with Crippen LogP contribution in [-0.2, 0) is 4.43 Å². The maximum atomic E-state index is 5.77. The maximum Gasteiger partial charge on any atom is 0.176 e. The van der Waals surface area contributed by atoms with Crippen molar-refractivity contribution in [3.05, 3.63) is 0 Å². The first kappa shape index (κ1) is 13.8. The largest absolute Gasteiger partial charge is 0.420 e. The Labute approximate surface area is 93.5 Å². The van der Waals surface area contributed by atoms with E-state index in [1.54, 1.807) is 0 Å². The van der Waals surface area contributed by atoms with Gasteiger partial charge < -0.3 is 4.43 Å². The molecule has 0 N–H and O–H groups in total. The molecule has 4 heteroatoms. The maximum absolute atomic E-state index is 5.77. The predicted octanol–water partition coefficient (Wildman–Crippen LogP) is 3.74. The van der Waals surface area contributed by atoms with Gasteiger partial charge >= 0.3 is 0 Å². The fraction of sp³-hybridized carbons (Fsp3) is 1.00. The van der Waals surface area contributed by atoms with Crippen LogP contribution in [0.2, 0.25) is 12.1 Å². The molecule has 0 aromatic heterocycles. The lowest BCUT2D eigenvalue weighted by Crippen LogP contribution is -2.15. The number of rotatable bonds is 8. The van der Waals surface area contributed by atoms with Gasteiger partial charge in [0.1, 0.15) is 4.84 Å². The fourth-order valence-corrected chi connectivity index (χ4v) is 3.03. The van der Waals surface area contributed by atoms with E-state index in [0.717, 1.165) is 25.9 Å². The van der Waals surface area contributed by atoms with Crippen LogP contribution < -0.4 is 0 Å². The molecule has 0 aromatic carbocycles. The molecule has 0 unspecified atom stereocenters. The van der Waals surface area contributed by atoms with E-state index in [9.17, 15) is 0 Å². The van der Waals surface area contributed by atoms with Crippen LogP contribution in [0.1, 0.15) is 33.1 Å². The highest BCUT2D eigenvalue weighted by molar-refractivity contribution is 6.51. The zero-order valence-electron chi connectivity index (χ0n) is 8.56. The van der Waals surface area contributed by atoms with Crippen molar-refractivity contribution in [2.24, 2.45) is 0 Å². The lowest BCUT2D eigenvalue weighted by atomic mass is 10.3. The molecule has 0 aliphatic carbocycles. The summed E-state index contributed by atoms with van der Waals surface area (Å²) in [4.78, 5) is -0.203. The monoisotopic (exact) mass is 242 g/mol. The van der Waals surface area contributed by atoms with Crippen LogP contribution in [0.25, 0.3) is 0 Å². The summed E-state index contributed by atoms with van der Waals surface area (Å²) in [6, 6.07) is 2.48. The summed E-state index contributed by atoms with van der Waals surface area (Å²) in [6.07, 6.45) is 3.06. The van der Waals surface area contributed by atoms with Gasteiger partial charge in [-0.3, -0.25) is 0 Å². The van der Waals surface area contributed by atoms with Crippen molar-refractivity contribution in [2.45, 2.75) is 50.0 Å². The van der Waals surface area contributed by atoms with E-state index in [2.05, 4.69) is 13.8 Å². The minimum Gasteiger partial charge on any atom is -0.420 e. The Hall–Kier alpha value is 0.757. The fourth-order valence-electron chi connectivity index (χ4n) is 1.18. The number of hydrogen-bond acceptors (Lipinski definition) is 1. The molecule has 1 nitrogen and oxygen atoms in total. The lowest BCUT2D eigenvalue weighted by molar-refractivity contribution is 0.307. The summed E-state index contributed by atoms with van der Waals surface area (Å²) in [5.41, 5.74) is 0. The van der Waals surface area contributed by atoms with E-state index in [1.807, 2.05) is 0 Å². The lowest BCUT2D eigenvalue weighted by Gasteiger charge is -2.11. The second-order valence-corrected chi connectivity index (χ2v) is 7.68. The van der Waals surface area contributed by atoms with E-state index >= 15 is 0 Å². The topological polar surface area (TPSA) is 9.23 Å². The van der Waals surface area contributed by atoms with E-state index in [0.29, 0.717) is 0 Å². The van der Waals surface area contributed by atoms with Crippen molar-refractivity contribution in [3.8, 4) is 0 Å². The number of hydrogen-bond donors (Lipinski definition) is 0. The highest BCUT2D eigenvalue weighted by atomic mass is 35.5. The molecule has 0 heterocycles. The van der Waals surface area contributed by atoms with Crippen LogP contribution in [0, 0.1) is 0 Å². The molecule has 0 rings (SSSR count). The Morgan fingerprint density at radius 3 is 2.23 bits per heavy atom. The molecule has 0 spiro atoms. The summed E-state index contributed by atoms with van der Waals surface area (Å²) in [6.45, 7) is 5.33. The van der Waals surface area contributed by atoms with Crippen LogP contribution >= 0.6 is 23.2 Å². The van der Waals surface area contributed by atoms with Crippen molar-refractivity contribution in [3.63, 3.8) is 0 Å². The first-order valence-electron chi connectivity index (χ1n) is 5.10. The van der Waals surface area contributed by atoms with Crippen LogP contribution in [0.5, 0.6) is 0 Å². The zero-order chi connectivity index (χ0) is 10.1. The molecule has 0 saturated heterocycles. The van der Waals surface area contributed by atoms with Gasteiger partial charge in [0.15, 0.2) is 9.04 Å². The third-order valence-corrected chi connectivity index (χ3v) is 5.05. The molecule has 0 saturated carbocycles. The third-order valence-electron chi connectivity index (χ3n) is 2.08. The van der Waals surface area contributed by atoms with Crippen molar-refractivity contribution < 1.29 is 4.43 Å². The van der Waals surface area contributed by atoms with E-state index in [1.165, 1.54) is 12.1 Å². The average molecular weight is 243 g/mol. The minimum absolute atomic E-state index is 0.203. The second-order valence-electron chi connectivity index (χ2n) is 3.20. The molecule has 80 valence electrons. The summed E-state index contributed by atoms with van der Waals surface area (Å²) >= 11 is 11.2. The smallest absolute Gasteiger partial charge is 0.176 e. The summed E-state index contributed by atoms with van der Waals surface area (Å²) in [5, 5.41) is 0. The molecule has 0 bridgehead atoms. The zero-order valence-corrected chi connectivity index (χ0v) is 11.2. The Kier molecular flexibility index (Phi) is 9.86. The highest BCUT2D eigenvalue weighted by Crippen LogP contribution is 2.11. The summed E-state index contributed by atoms with van der Waals surface area (Å²) < 4.78 is 5.77. The first-order chi connectivity index (χ1) is 6.20. The van der Waals surface area contributed by atoms with Crippen LogP contribution in [-0.4, -0.2) is 20.5 Å². The number of unbranched alkanes of at least 4 members (excludes halogenated alkanes) is 1. The van der Waals surface area contributed by atoms with Gasteiger partial charge in [-0.25, -0.2) is 0 Å². The molecule has 0 aliphatic heterocycles. The molecule has 0 aliphatic rings. The van der Waals surface area contributed by atoms with E-state index < -0.39 is 9.04 Å². The SMILES string of the molecule is CC[SiH](CC)OCCCCC(Cl)Cl. The van der Waals surface area contributed by atoms with E-state index in [4.69, 9.17) is 27.6 Å². The van der Waals surface area contributed by atoms with E-state index in [-0.39, 0.29) is 4.84 Å². The molecule has 0 fully saturated rings. The van der Waals surface area contributed by atoms with Gasteiger partial charge in [-0.15, -0.1) is 23.2 Å². The first-order valence-corrected chi connectivity index (χ1v) is 8.08. The predicted molar refractivity (Wildman–Crippen MR) is 63.4 cm³/mol. The molecule has 0 radical (unpaired) electrons. The van der Waals surface area contributed by atoms with Gasteiger partial charge in [-0.1, -0.05) is 13.8 Å². The van der Waals surface area contributed by atoms with Crippen LogP contribution in [0.3, 0.4) is 0 Å². The van der Waals surface area contributed by atoms with Gasteiger partial charge in [0, 0.05) is 6.61 Å². The quantitative estimate of drug-likeness (QED) is 0.358. The van der Waals surface area contributed by atoms with Crippen molar-refractivity contribution in [1.29, 1.82) is 0 Å². The normalized spacial score (nSPS) is 11.5. The van der Waals surface area contributed by atoms with Crippen molar-refractivity contribution in [1.82, 2.24) is 0 Å². The standard InChI is InChI=1S/C9H20Cl2OSi/c1-3-13(4-2)12-8-6-5-7-9(10)11/h9,13H,3-8H2,1-2H3. The molecular weight excluding hydrogens is 223 g/mol. The van der Waals surface area contributed by atoms with Crippen LogP contribution in [0.15, 0.2) is 0 Å². The Morgan fingerprint density at radius 1 is 1.15 bits per heavy atom. The molecule has 13 heavy (non-hydrogen) atoms. The molecular formula is C9H20Cl2OSi. The Balaban J connectivity index is 3.14. The number of alkyl halides is 2. The summed E-state index contributed by atoms with van der Waals surface area (Å²) in [5.74, 6) is 0. The van der Waals surface area contributed by atoms with Crippen molar-refractivity contribution >= 4 is 32.2 Å². The van der Waals surface area contributed by atoms with Gasteiger partial charge in [0.05, 0.1) is 0 Å². The minimum atomic E-state index is -0.825. The van der Waals surface area contributed by atoms with Gasteiger partial charge in [-0.2, -0.15) is 0 Å². The Morgan fingerprint density at radius 2 is 1.77 bits per heavy atom. The van der Waals surface area contributed by atoms with Crippen LogP contribution in [0.4, 0.5) is 0 Å². The van der Waals surface area contributed by atoms with Gasteiger partial charge in [0.25, 0.3) is 0 Å². The van der Waals surface area contributed by atoms with Gasteiger partial charge in [-0.05, 0) is 31.4 Å². The molecule has 0 atom stereocenters. The average Bonchev–Trinajstić information content (AvgIpc) is 2.11. The molecule has 0 amide bonds. The highest BCUT2D eigenvalue weighted by Gasteiger charge is 2.05.